The maximum absolute atomic E-state index is 13.7. The number of nitrogens with one attached hydrogen (secondary N) is 3. The van der Waals surface area contributed by atoms with E-state index < -0.39 is 17.6 Å². The minimum atomic E-state index is -4.71. The lowest BCUT2D eigenvalue weighted by Gasteiger charge is -2.18. The number of thiophene rings is 1. The van der Waals surface area contributed by atoms with Gasteiger partial charge in [0.2, 0.25) is 0 Å². The molecule has 1 heterocycles. The number of halogens is 4. The van der Waals surface area contributed by atoms with Crippen LogP contribution >= 0.6 is 35.2 Å². The Morgan fingerprint density at radius 3 is 2.30 bits per heavy atom. The Kier molecular flexibility index (Phi) is 7.67. The van der Waals surface area contributed by atoms with Gasteiger partial charge in [-0.25, -0.2) is 0 Å². The van der Waals surface area contributed by atoms with Crippen molar-refractivity contribution in [2.24, 2.45) is 0 Å². The quantitative estimate of drug-likeness (QED) is 0.326. The number of thiocarbonyl (C=S) groups is 1. The van der Waals surface area contributed by atoms with E-state index in [9.17, 15) is 18.0 Å². The molecule has 3 aromatic rings. The first kappa shape index (κ1) is 24.6. The van der Waals surface area contributed by atoms with Crippen LogP contribution in [0, 0.1) is 0 Å². The van der Waals surface area contributed by atoms with Crippen LogP contribution in [0.2, 0.25) is 5.02 Å². The molecule has 3 N–H and O–H groups in total. The van der Waals surface area contributed by atoms with E-state index in [-0.39, 0.29) is 21.5 Å². The standard InChI is InChI=1S/C21H17ClF3N3O3S2/c1-30-16-10-17(31-2)15(9-13(16)22)28-20(32)27-14-6-5-11(8-12(14)21(23,24)25)26-19(29)18-4-3-7-33-18/h3-10H,1-2H3,(H,26,29)(H2,27,28,32). The molecule has 3 rings (SSSR count). The molecule has 12 heteroatoms. The molecule has 0 unspecified atom stereocenters. The summed E-state index contributed by atoms with van der Waals surface area (Å²) in [5.74, 6) is 0.181. The van der Waals surface area contributed by atoms with Gasteiger partial charge in [0.15, 0.2) is 5.11 Å². The highest BCUT2D eigenvalue weighted by Gasteiger charge is 2.34. The van der Waals surface area contributed by atoms with Crippen molar-refractivity contribution in [1.29, 1.82) is 0 Å². The van der Waals surface area contributed by atoms with Crippen molar-refractivity contribution >= 4 is 63.2 Å². The van der Waals surface area contributed by atoms with Crippen molar-refractivity contribution in [3.63, 3.8) is 0 Å². The van der Waals surface area contributed by atoms with Crippen LogP contribution in [-0.2, 0) is 6.18 Å². The number of ether oxygens (including phenoxy) is 2. The van der Waals surface area contributed by atoms with Crippen LogP contribution in [0.1, 0.15) is 15.2 Å². The third kappa shape index (κ3) is 6.06. The lowest BCUT2D eigenvalue weighted by atomic mass is 10.1. The molecule has 0 saturated heterocycles. The van der Waals surface area contributed by atoms with Gasteiger partial charge in [-0.15, -0.1) is 11.3 Å². The second-order valence-corrected chi connectivity index (χ2v) is 8.22. The summed E-state index contributed by atoms with van der Waals surface area (Å²) < 4.78 is 51.5. The number of anilines is 3. The number of benzene rings is 2. The average Bonchev–Trinajstić information content (AvgIpc) is 3.29. The third-order valence-corrected chi connectivity index (χ3v) is 5.67. The Morgan fingerprint density at radius 2 is 1.70 bits per heavy atom. The van der Waals surface area contributed by atoms with Gasteiger partial charge in [0.1, 0.15) is 11.5 Å². The molecule has 0 aliphatic rings. The molecule has 0 atom stereocenters. The number of hydrogen-bond donors (Lipinski definition) is 3. The minimum Gasteiger partial charge on any atom is -0.495 e. The van der Waals surface area contributed by atoms with Crippen LogP contribution in [0.3, 0.4) is 0 Å². The van der Waals surface area contributed by atoms with Crippen molar-refractivity contribution in [3.8, 4) is 11.5 Å². The van der Waals surface area contributed by atoms with Crippen LogP contribution in [0.4, 0.5) is 30.2 Å². The molecule has 0 aliphatic heterocycles. The highest BCUT2D eigenvalue weighted by atomic mass is 35.5. The maximum atomic E-state index is 13.7. The molecular weight excluding hydrogens is 499 g/mol. The molecule has 1 amide bonds. The zero-order valence-electron chi connectivity index (χ0n) is 17.2. The topological polar surface area (TPSA) is 71.6 Å². The van der Waals surface area contributed by atoms with Gasteiger partial charge >= 0.3 is 6.18 Å². The number of alkyl halides is 3. The Balaban J connectivity index is 1.82. The van der Waals surface area contributed by atoms with Crippen molar-refractivity contribution < 1.29 is 27.4 Å². The first-order valence-corrected chi connectivity index (χ1v) is 10.8. The van der Waals surface area contributed by atoms with Crippen molar-refractivity contribution in [2.45, 2.75) is 6.18 Å². The molecule has 1 aromatic heterocycles. The van der Waals surface area contributed by atoms with E-state index in [0.29, 0.717) is 22.1 Å². The Labute approximate surface area is 201 Å². The van der Waals surface area contributed by atoms with E-state index in [1.54, 1.807) is 17.5 Å². The zero-order valence-corrected chi connectivity index (χ0v) is 19.6. The molecule has 0 radical (unpaired) electrons. The lowest BCUT2D eigenvalue weighted by Crippen LogP contribution is -2.22. The molecular formula is C21H17ClF3N3O3S2. The summed E-state index contributed by atoms with van der Waals surface area (Å²) in [5.41, 5.74) is -0.981. The van der Waals surface area contributed by atoms with Gasteiger partial charge < -0.3 is 25.4 Å². The summed E-state index contributed by atoms with van der Waals surface area (Å²) in [6.07, 6.45) is -4.71. The summed E-state index contributed by atoms with van der Waals surface area (Å²) >= 11 is 12.5. The molecule has 174 valence electrons. The Bertz CT molecular complexity index is 1170. The SMILES string of the molecule is COc1cc(OC)c(NC(=S)Nc2ccc(NC(=O)c3cccs3)cc2C(F)(F)F)cc1Cl. The molecule has 0 fully saturated rings. The number of amides is 1. The van der Waals surface area contributed by atoms with E-state index in [0.717, 1.165) is 6.07 Å². The first-order chi connectivity index (χ1) is 15.6. The van der Waals surface area contributed by atoms with E-state index in [4.69, 9.17) is 33.3 Å². The van der Waals surface area contributed by atoms with Crippen molar-refractivity contribution in [3.05, 3.63) is 63.3 Å². The summed E-state index contributed by atoms with van der Waals surface area (Å²) in [7, 11) is 2.85. The normalized spacial score (nSPS) is 11.0. The second-order valence-electron chi connectivity index (χ2n) is 6.46. The largest absolute Gasteiger partial charge is 0.495 e. The van der Waals surface area contributed by atoms with Crippen molar-refractivity contribution in [1.82, 2.24) is 0 Å². The molecule has 33 heavy (non-hydrogen) atoms. The highest BCUT2D eigenvalue weighted by molar-refractivity contribution is 7.80. The van der Waals surface area contributed by atoms with Crippen LogP contribution < -0.4 is 25.4 Å². The maximum Gasteiger partial charge on any atom is 0.418 e. The van der Waals surface area contributed by atoms with Gasteiger partial charge in [-0.1, -0.05) is 17.7 Å². The van der Waals surface area contributed by atoms with Gasteiger partial charge in [-0.2, -0.15) is 13.2 Å². The first-order valence-electron chi connectivity index (χ1n) is 9.18. The van der Waals surface area contributed by atoms with Crippen LogP contribution in [-0.4, -0.2) is 25.2 Å². The Morgan fingerprint density at radius 1 is 1.00 bits per heavy atom. The van der Waals surface area contributed by atoms with Crippen molar-refractivity contribution in [2.75, 3.05) is 30.2 Å². The van der Waals surface area contributed by atoms with Crippen LogP contribution in [0.5, 0.6) is 11.5 Å². The van der Waals surface area contributed by atoms with Gasteiger partial charge in [0.25, 0.3) is 5.91 Å². The number of rotatable bonds is 6. The summed E-state index contributed by atoms with van der Waals surface area (Å²) in [6, 6.07) is 9.59. The monoisotopic (exact) mass is 515 g/mol. The van der Waals surface area contributed by atoms with Crippen LogP contribution in [0.15, 0.2) is 47.8 Å². The number of methoxy groups -OCH3 is 2. The molecule has 2 aromatic carbocycles. The smallest absolute Gasteiger partial charge is 0.418 e. The molecule has 0 aliphatic carbocycles. The van der Waals surface area contributed by atoms with E-state index in [1.807, 2.05) is 0 Å². The van der Waals surface area contributed by atoms with Crippen LogP contribution in [0.25, 0.3) is 0 Å². The fourth-order valence-corrected chi connectivity index (χ4v) is 3.88. The fourth-order valence-electron chi connectivity index (χ4n) is 2.80. The zero-order chi connectivity index (χ0) is 24.2. The average molecular weight is 516 g/mol. The second kappa shape index (κ2) is 10.3. The number of hydrogen-bond acceptors (Lipinski definition) is 5. The molecule has 6 nitrogen and oxygen atoms in total. The highest BCUT2D eigenvalue weighted by Crippen LogP contribution is 2.38. The van der Waals surface area contributed by atoms with Gasteiger partial charge in [-0.3, -0.25) is 4.79 Å². The molecule has 0 bridgehead atoms. The summed E-state index contributed by atoms with van der Waals surface area (Å²) in [6.45, 7) is 0. The molecule has 0 saturated carbocycles. The van der Waals surface area contributed by atoms with Gasteiger partial charge in [-0.05, 0) is 47.9 Å². The lowest BCUT2D eigenvalue weighted by molar-refractivity contribution is -0.136. The van der Waals surface area contributed by atoms with E-state index in [2.05, 4.69) is 16.0 Å². The summed E-state index contributed by atoms with van der Waals surface area (Å²) in [4.78, 5) is 12.6. The van der Waals surface area contributed by atoms with E-state index >= 15 is 0 Å². The van der Waals surface area contributed by atoms with Gasteiger partial charge in [0.05, 0.1) is 41.1 Å². The summed E-state index contributed by atoms with van der Waals surface area (Å²) in [5, 5.41) is 9.58. The number of carbonyl (C=O) groups is 1. The van der Waals surface area contributed by atoms with E-state index in [1.165, 1.54) is 49.8 Å². The predicted molar refractivity (Wildman–Crippen MR) is 128 cm³/mol. The Hall–Kier alpha value is -3.02. The molecule has 0 spiro atoms. The minimum absolute atomic E-state index is 0.00578. The van der Waals surface area contributed by atoms with Gasteiger partial charge in [0, 0.05) is 11.8 Å². The fraction of sp³-hybridized carbons (Fsp3) is 0.143. The third-order valence-electron chi connectivity index (χ3n) is 4.30. The predicted octanol–water partition coefficient (Wildman–Crippen LogP) is 6.50. The number of carbonyl (C=O) groups excluding carboxylic acids is 1.